The third kappa shape index (κ3) is 5.59. The number of phenols is 1. The predicted molar refractivity (Wildman–Crippen MR) is 87.4 cm³/mol. The Morgan fingerprint density at radius 2 is 1.36 bits per heavy atom. The molecule has 0 radical (unpaired) electrons. The first-order valence-corrected chi connectivity index (χ1v) is 8.87. The van der Waals surface area contributed by atoms with Crippen LogP contribution in [0.15, 0.2) is 46.9 Å². The van der Waals surface area contributed by atoms with Crippen LogP contribution < -0.4 is 32.8 Å². The molecule has 9 nitrogen and oxygen atoms in total. The fraction of sp³-hybridized carbons (Fsp3) is 0.167. The average Bonchev–Trinajstić information content (AvgIpc) is 2.65. The van der Waals surface area contributed by atoms with Crippen molar-refractivity contribution in [1.82, 2.24) is 0 Å². The van der Waals surface area contributed by atoms with Crippen molar-refractivity contribution in [3.63, 3.8) is 0 Å². The molecule has 0 bridgehead atoms. The fourth-order valence-electron chi connectivity index (χ4n) is 2.44. The quantitative estimate of drug-likeness (QED) is 0.551. The van der Waals surface area contributed by atoms with Crippen molar-refractivity contribution in [2.45, 2.75) is 0 Å². The van der Waals surface area contributed by atoms with Crippen LogP contribution >= 0.6 is 0 Å². The minimum atomic E-state index is -4.94. The van der Waals surface area contributed by atoms with Crippen molar-refractivity contribution < 1.29 is 52.6 Å². The van der Waals surface area contributed by atoms with Gasteiger partial charge in [0.1, 0.15) is 23.0 Å². The lowest BCUT2D eigenvalue weighted by molar-refractivity contribution is -2.00. The van der Waals surface area contributed by atoms with Gasteiger partial charge in [-0.05, 0) is 24.3 Å². The zero-order valence-corrected chi connectivity index (χ0v) is 15.9. The van der Waals surface area contributed by atoms with Crippen LogP contribution in [-0.4, -0.2) is 26.4 Å². The van der Waals surface area contributed by atoms with E-state index in [-0.39, 0.29) is 5.75 Å². The summed E-state index contributed by atoms with van der Waals surface area (Å²) in [6.45, 7) is 0. The molecule has 28 heavy (non-hydrogen) atoms. The number of ether oxygens (including phenoxy) is 3. The second-order valence-corrected chi connectivity index (χ2v) is 6.06. The van der Waals surface area contributed by atoms with Crippen LogP contribution in [0.2, 0.25) is 0 Å². The van der Waals surface area contributed by atoms with Gasteiger partial charge in [-0.3, -0.25) is 0 Å². The maximum Gasteiger partial charge on any atom is 0.372 e. The molecule has 0 aliphatic carbocycles. The fourth-order valence-corrected chi connectivity index (χ4v) is 2.44. The lowest BCUT2D eigenvalue weighted by atomic mass is 10.1. The van der Waals surface area contributed by atoms with Crippen molar-refractivity contribution in [3.05, 3.63) is 42.5 Å². The van der Waals surface area contributed by atoms with E-state index in [0.717, 1.165) is 10.9 Å². The number of aromatic hydroxyl groups is 1. The maximum atomic E-state index is 9.42. The lowest BCUT2D eigenvalue weighted by Crippen LogP contribution is -2.68. The van der Waals surface area contributed by atoms with Crippen LogP contribution in [0.25, 0.3) is 22.3 Å². The van der Waals surface area contributed by atoms with Crippen LogP contribution in [0.5, 0.6) is 23.0 Å². The average molecular weight is 413 g/mol. The Morgan fingerprint density at radius 3 is 1.86 bits per heavy atom. The summed E-state index contributed by atoms with van der Waals surface area (Å²) in [6.07, 6.45) is 0. The van der Waals surface area contributed by atoms with Crippen LogP contribution in [0.4, 0.5) is 0 Å². The van der Waals surface area contributed by atoms with Gasteiger partial charge in [0.25, 0.3) is 0 Å². The number of hydrogen-bond donors (Lipinski definition) is 1. The van der Waals surface area contributed by atoms with Gasteiger partial charge in [-0.15, -0.1) is 10.2 Å². The molecule has 0 atom stereocenters. The maximum absolute atomic E-state index is 9.42. The van der Waals surface area contributed by atoms with E-state index in [2.05, 4.69) is 0 Å². The van der Waals surface area contributed by atoms with Crippen molar-refractivity contribution in [2.75, 3.05) is 21.3 Å². The smallest absolute Gasteiger partial charge is 0.372 e. The van der Waals surface area contributed by atoms with Crippen molar-refractivity contribution in [2.24, 2.45) is 0 Å². The Morgan fingerprint density at radius 1 is 0.821 bits per heavy atom. The van der Waals surface area contributed by atoms with E-state index in [4.69, 9.17) is 37.3 Å². The topological polar surface area (TPSA) is 151 Å². The first kappa shape index (κ1) is 21.5. The highest BCUT2D eigenvalue weighted by Gasteiger charge is 2.24. The summed E-state index contributed by atoms with van der Waals surface area (Å²) in [5.74, 6) is 2.68. The zero-order chi connectivity index (χ0) is 20.9. The largest absolute Gasteiger partial charge is 0.508 e. The molecule has 0 fully saturated rings. The number of halogens is 1. The molecule has 0 saturated carbocycles. The molecule has 0 spiro atoms. The van der Waals surface area contributed by atoms with Crippen LogP contribution in [0, 0.1) is 10.2 Å². The summed E-state index contributed by atoms with van der Waals surface area (Å²) < 4.78 is 56.2. The Kier molecular flexibility index (Phi) is 6.84. The predicted octanol–water partition coefficient (Wildman–Crippen LogP) is -0.644. The zero-order valence-electron chi connectivity index (χ0n) is 15.1. The van der Waals surface area contributed by atoms with E-state index < -0.39 is 10.2 Å². The summed E-state index contributed by atoms with van der Waals surface area (Å²) in [4.78, 5) is 0. The Balaban J connectivity index is 0.000000500. The third-order valence-electron chi connectivity index (χ3n) is 3.60. The summed E-state index contributed by atoms with van der Waals surface area (Å²) in [7, 11) is -0.178. The van der Waals surface area contributed by atoms with E-state index in [1.807, 2.05) is 0 Å². The SMILES string of the molecule is COc1cc(OC)c2c(OC)cc(-c3ccc(O)cc3)[o+]c2c1.[O-][Cl+3]([O-])([O-])[O-]. The summed E-state index contributed by atoms with van der Waals surface area (Å²) in [6, 6.07) is 12.1. The molecule has 3 aromatic rings. The molecular weight excluding hydrogens is 396 g/mol. The van der Waals surface area contributed by atoms with Crippen LogP contribution in [-0.2, 0) is 0 Å². The molecule has 0 aliphatic rings. The molecule has 2 aromatic carbocycles. The molecule has 0 unspecified atom stereocenters. The Bertz CT molecular complexity index is 930. The van der Waals surface area contributed by atoms with E-state index >= 15 is 0 Å². The van der Waals surface area contributed by atoms with Crippen molar-refractivity contribution in [1.29, 1.82) is 0 Å². The number of fused-ring (bicyclic) bond motifs is 1. The molecule has 0 amide bonds. The van der Waals surface area contributed by atoms with Gasteiger partial charge in [0, 0.05) is 6.07 Å². The minimum absolute atomic E-state index is 0.199. The van der Waals surface area contributed by atoms with E-state index in [1.165, 1.54) is 0 Å². The number of methoxy groups -OCH3 is 3. The van der Waals surface area contributed by atoms with Crippen LogP contribution in [0.3, 0.4) is 0 Å². The van der Waals surface area contributed by atoms with Gasteiger partial charge in [-0.1, -0.05) is 0 Å². The second kappa shape index (κ2) is 8.91. The summed E-state index contributed by atoms with van der Waals surface area (Å²) in [5, 5.41) is 10.2. The Hall–Kier alpha value is -2.82. The van der Waals surface area contributed by atoms with Gasteiger partial charge in [0.15, 0.2) is 5.39 Å². The van der Waals surface area contributed by atoms with Crippen molar-refractivity contribution in [3.8, 4) is 34.3 Å². The van der Waals surface area contributed by atoms with E-state index in [0.29, 0.717) is 28.6 Å². The number of rotatable bonds is 4. The van der Waals surface area contributed by atoms with Gasteiger partial charge >= 0.3 is 11.3 Å². The monoisotopic (exact) mass is 412 g/mol. The van der Waals surface area contributed by atoms with E-state index in [9.17, 15) is 5.11 Å². The molecule has 0 aliphatic heterocycles. The van der Waals surface area contributed by atoms with Gasteiger partial charge in [0.05, 0.1) is 39.0 Å². The first-order valence-electron chi connectivity index (χ1n) is 7.64. The molecule has 10 heteroatoms. The number of benzene rings is 2. The van der Waals surface area contributed by atoms with Crippen molar-refractivity contribution >= 4 is 11.0 Å². The molecular formula is C18H17ClO9. The van der Waals surface area contributed by atoms with Gasteiger partial charge in [-0.25, -0.2) is 23.1 Å². The molecule has 3 rings (SSSR count). The molecule has 1 N–H and O–H groups in total. The van der Waals surface area contributed by atoms with Crippen LogP contribution in [0.1, 0.15) is 0 Å². The molecule has 150 valence electrons. The summed E-state index contributed by atoms with van der Waals surface area (Å²) in [5.41, 5.74) is 1.41. The van der Waals surface area contributed by atoms with Gasteiger partial charge in [0.2, 0.25) is 0 Å². The Labute approximate surface area is 162 Å². The first-order chi connectivity index (χ1) is 13.2. The van der Waals surface area contributed by atoms with Gasteiger partial charge in [-0.2, -0.15) is 0 Å². The molecule has 0 saturated heterocycles. The normalized spacial score (nSPS) is 10.8. The lowest BCUT2D eigenvalue weighted by Gasteiger charge is -2.17. The standard InChI is InChI=1S/C18H16O5.ClHO4/c1-20-13-8-15(21-2)18-16(22-3)10-14(23-17(18)9-13)11-4-6-12(19)7-5-11;2-1(3,4)5/h4-10H,1-3H3;(H,2,3,4,5). The highest BCUT2D eigenvalue weighted by Crippen LogP contribution is 2.40. The third-order valence-corrected chi connectivity index (χ3v) is 3.60. The molecule has 1 aromatic heterocycles. The molecule has 1 heterocycles. The van der Waals surface area contributed by atoms with E-state index in [1.54, 1.807) is 63.8 Å². The van der Waals surface area contributed by atoms with Gasteiger partial charge < -0.3 is 19.3 Å². The highest BCUT2D eigenvalue weighted by molar-refractivity contribution is 5.92. The summed E-state index contributed by atoms with van der Waals surface area (Å²) >= 11 is 0. The number of phenolic OH excluding ortho intramolecular Hbond substituents is 1. The highest BCUT2D eigenvalue weighted by atomic mass is 35.7. The minimum Gasteiger partial charge on any atom is -0.508 e. The second-order valence-electron chi connectivity index (χ2n) is 5.31. The number of hydrogen-bond acceptors (Lipinski definition) is 8.